The molecule has 2 aliphatic rings. The quantitative estimate of drug-likeness (QED) is 0.650. The molecule has 1 aromatic carbocycles. The van der Waals surface area contributed by atoms with Crippen LogP contribution in [0.25, 0.3) is 0 Å². The van der Waals surface area contributed by atoms with Crippen LogP contribution in [0.4, 0.5) is 5.69 Å². The van der Waals surface area contributed by atoms with Crippen molar-refractivity contribution < 1.29 is 14.4 Å². The average Bonchev–Trinajstić information content (AvgIpc) is 3.19. The first-order valence-corrected chi connectivity index (χ1v) is 11.2. The Morgan fingerprint density at radius 2 is 1.60 bits per heavy atom. The van der Waals surface area contributed by atoms with Crippen molar-refractivity contribution in [3.63, 3.8) is 0 Å². The summed E-state index contributed by atoms with van der Waals surface area (Å²) < 4.78 is 0. The van der Waals surface area contributed by atoms with Gasteiger partial charge in [-0.25, -0.2) is 0 Å². The van der Waals surface area contributed by atoms with Gasteiger partial charge in [-0.05, 0) is 38.3 Å². The molecule has 7 heteroatoms. The second-order valence-electron chi connectivity index (χ2n) is 8.00. The molecule has 0 atom stereocenters. The Hall–Kier alpha value is -2.41. The van der Waals surface area contributed by atoms with Crippen LogP contribution >= 0.6 is 0 Å². The molecule has 0 spiro atoms. The fourth-order valence-corrected chi connectivity index (χ4v) is 4.31. The number of piperazine rings is 1. The van der Waals surface area contributed by atoms with Crippen LogP contribution < -0.4 is 4.90 Å². The predicted molar refractivity (Wildman–Crippen MR) is 117 cm³/mol. The second kappa shape index (κ2) is 10.6. The number of amides is 3. The van der Waals surface area contributed by atoms with E-state index in [1.54, 1.807) is 4.90 Å². The van der Waals surface area contributed by atoms with Gasteiger partial charge in [0.15, 0.2) is 0 Å². The Kier molecular flexibility index (Phi) is 7.85. The highest BCUT2D eigenvalue weighted by Gasteiger charge is 2.27. The van der Waals surface area contributed by atoms with Gasteiger partial charge in [0.25, 0.3) is 0 Å². The summed E-state index contributed by atoms with van der Waals surface area (Å²) in [5.74, 6) is 0.371. The number of para-hydroxylation sites is 1. The molecule has 164 valence electrons. The zero-order chi connectivity index (χ0) is 21.5. The molecule has 3 amide bonds. The number of carbonyl (C=O) groups is 3. The molecule has 1 aromatic rings. The Morgan fingerprint density at radius 3 is 2.30 bits per heavy atom. The zero-order valence-electron chi connectivity index (χ0n) is 18.3. The van der Waals surface area contributed by atoms with Gasteiger partial charge >= 0.3 is 0 Å². The number of rotatable bonds is 8. The SMILES string of the molecule is CCN(CC)C(=O)CCCC(=O)N1CCN(CC(=O)N2CCc3ccccc32)CC1. The molecule has 3 rings (SSSR count). The molecule has 7 nitrogen and oxygen atoms in total. The third-order valence-electron chi connectivity index (χ3n) is 6.17. The normalized spacial score (nSPS) is 16.5. The molecule has 0 unspecified atom stereocenters. The number of hydrogen-bond donors (Lipinski definition) is 0. The van der Waals surface area contributed by atoms with Crippen molar-refractivity contribution in [3.05, 3.63) is 29.8 Å². The summed E-state index contributed by atoms with van der Waals surface area (Å²) >= 11 is 0. The molecule has 2 aliphatic heterocycles. The lowest BCUT2D eigenvalue weighted by atomic mass is 10.2. The van der Waals surface area contributed by atoms with Gasteiger partial charge in [0.05, 0.1) is 6.54 Å². The summed E-state index contributed by atoms with van der Waals surface area (Å²) in [6.07, 6.45) is 2.36. The summed E-state index contributed by atoms with van der Waals surface area (Å²) in [6.45, 7) is 9.24. The molecule has 0 saturated carbocycles. The summed E-state index contributed by atoms with van der Waals surface area (Å²) in [5, 5.41) is 0. The van der Waals surface area contributed by atoms with E-state index in [0.29, 0.717) is 65.1 Å². The molecule has 0 bridgehead atoms. The maximum atomic E-state index is 12.8. The van der Waals surface area contributed by atoms with Gasteiger partial charge in [0.1, 0.15) is 0 Å². The van der Waals surface area contributed by atoms with E-state index in [4.69, 9.17) is 0 Å². The van der Waals surface area contributed by atoms with Gasteiger partial charge in [-0.15, -0.1) is 0 Å². The lowest BCUT2D eigenvalue weighted by Crippen LogP contribution is -2.51. The van der Waals surface area contributed by atoms with E-state index in [2.05, 4.69) is 11.0 Å². The lowest BCUT2D eigenvalue weighted by molar-refractivity contribution is -0.133. The smallest absolute Gasteiger partial charge is 0.241 e. The Balaban J connectivity index is 1.38. The highest BCUT2D eigenvalue weighted by molar-refractivity contribution is 5.96. The average molecular weight is 415 g/mol. The van der Waals surface area contributed by atoms with E-state index in [0.717, 1.165) is 18.7 Å². The van der Waals surface area contributed by atoms with Crippen LogP contribution in [0.2, 0.25) is 0 Å². The molecule has 30 heavy (non-hydrogen) atoms. The van der Waals surface area contributed by atoms with E-state index in [9.17, 15) is 14.4 Å². The van der Waals surface area contributed by atoms with E-state index in [-0.39, 0.29) is 17.7 Å². The Bertz CT molecular complexity index is 755. The fourth-order valence-electron chi connectivity index (χ4n) is 4.31. The summed E-state index contributed by atoms with van der Waals surface area (Å²) in [4.78, 5) is 45.0. The molecule has 0 N–H and O–H groups in total. The highest BCUT2D eigenvalue weighted by Crippen LogP contribution is 2.27. The number of nitrogens with zero attached hydrogens (tertiary/aromatic N) is 4. The minimum atomic E-state index is 0.113. The van der Waals surface area contributed by atoms with Crippen molar-refractivity contribution in [1.82, 2.24) is 14.7 Å². The first-order chi connectivity index (χ1) is 14.5. The standard InChI is InChI=1S/C23H34N4O3/c1-3-25(4-2)21(28)10-7-11-22(29)26-16-14-24(15-17-26)18-23(30)27-13-12-19-8-5-6-9-20(19)27/h5-6,8-9H,3-4,7,10-18H2,1-2H3. The topological polar surface area (TPSA) is 64.2 Å². The molecule has 1 fully saturated rings. The molecule has 0 aliphatic carbocycles. The van der Waals surface area contributed by atoms with Gasteiger partial charge in [-0.1, -0.05) is 18.2 Å². The van der Waals surface area contributed by atoms with Crippen molar-refractivity contribution in [1.29, 1.82) is 0 Å². The Morgan fingerprint density at radius 1 is 0.900 bits per heavy atom. The first-order valence-electron chi connectivity index (χ1n) is 11.2. The first kappa shape index (κ1) is 22.3. The molecule has 1 saturated heterocycles. The molecular weight excluding hydrogens is 380 g/mol. The largest absolute Gasteiger partial charge is 0.343 e. The predicted octanol–water partition coefficient (Wildman–Crippen LogP) is 1.76. The van der Waals surface area contributed by atoms with Crippen LogP contribution in [0, 0.1) is 0 Å². The minimum absolute atomic E-state index is 0.113. The number of anilines is 1. The third-order valence-corrected chi connectivity index (χ3v) is 6.17. The number of carbonyl (C=O) groups excluding carboxylic acids is 3. The number of hydrogen-bond acceptors (Lipinski definition) is 4. The van der Waals surface area contributed by atoms with Crippen LogP contribution in [-0.2, 0) is 20.8 Å². The van der Waals surface area contributed by atoms with Gasteiger partial charge in [-0.3, -0.25) is 19.3 Å². The van der Waals surface area contributed by atoms with Crippen molar-refractivity contribution >= 4 is 23.4 Å². The van der Waals surface area contributed by atoms with E-state index in [1.807, 2.05) is 41.8 Å². The molecule has 0 aromatic heterocycles. The van der Waals surface area contributed by atoms with E-state index < -0.39 is 0 Å². The van der Waals surface area contributed by atoms with Crippen molar-refractivity contribution in [2.45, 2.75) is 39.5 Å². The van der Waals surface area contributed by atoms with Gasteiger partial charge in [0, 0.05) is 64.3 Å². The third kappa shape index (κ3) is 5.39. The lowest BCUT2D eigenvalue weighted by Gasteiger charge is -2.35. The maximum absolute atomic E-state index is 12.8. The maximum Gasteiger partial charge on any atom is 0.241 e. The number of benzene rings is 1. The second-order valence-corrected chi connectivity index (χ2v) is 8.00. The molecule has 2 heterocycles. The minimum Gasteiger partial charge on any atom is -0.343 e. The summed E-state index contributed by atoms with van der Waals surface area (Å²) in [6, 6.07) is 8.09. The van der Waals surface area contributed by atoms with Crippen molar-refractivity contribution in [3.8, 4) is 0 Å². The molecule has 0 radical (unpaired) electrons. The zero-order valence-corrected chi connectivity index (χ0v) is 18.3. The van der Waals surface area contributed by atoms with Gasteiger partial charge < -0.3 is 14.7 Å². The van der Waals surface area contributed by atoms with E-state index in [1.165, 1.54) is 5.56 Å². The van der Waals surface area contributed by atoms with Gasteiger partial charge in [-0.2, -0.15) is 0 Å². The van der Waals surface area contributed by atoms with Crippen molar-refractivity contribution in [2.24, 2.45) is 0 Å². The summed E-state index contributed by atoms with van der Waals surface area (Å²) in [7, 11) is 0. The van der Waals surface area contributed by atoms with Crippen LogP contribution in [0.3, 0.4) is 0 Å². The number of fused-ring (bicyclic) bond motifs is 1. The Labute approximate surface area is 179 Å². The van der Waals surface area contributed by atoms with Gasteiger partial charge in [0.2, 0.25) is 17.7 Å². The monoisotopic (exact) mass is 414 g/mol. The summed E-state index contributed by atoms with van der Waals surface area (Å²) in [5.41, 5.74) is 2.27. The fraction of sp³-hybridized carbons (Fsp3) is 0.609. The van der Waals surface area contributed by atoms with Crippen LogP contribution in [-0.4, -0.2) is 84.8 Å². The molecular formula is C23H34N4O3. The highest BCUT2D eigenvalue weighted by atomic mass is 16.2. The van der Waals surface area contributed by atoms with Crippen LogP contribution in [0.1, 0.15) is 38.7 Å². The van der Waals surface area contributed by atoms with Crippen LogP contribution in [0.15, 0.2) is 24.3 Å². The van der Waals surface area contributed by atoms with Crippen molar-refractivity contribution in [2.75, 3.05) is 57.3 Å². The van der Waals surface area contributed by atoms with Crippen LogP contribution in [0.5, 0.6) is 0 Å². The van der Waals surface area contributed by atoms with E-state index >= 15 is 0 Å².